The second-order valence-corrected chi connectivity index (χ2v) is 11.0. The topological polar surface area (TPSA) is 76.2 Å². The Morgan fingerprint density at radius 1 is 1.05 bits per heavy atom. The van der Waals surface area contributed by atoms with Gasteiger partial charge in [0.15, 0.2) is 5.82 Å². The SMILES string of the molecule is Cc1nc2n(n1)[C@H]1C[C@@H](c3c(OC(F)F)cccc3-2)n2c1nc1ccc(B3OC(C)(C)C(C)(C)O3)cc12. The lowest BCUT2D eigenvalue weighted by Gasteiger charge is -2.32. The van der Waals surface area contributed by atoms with Gasteiger partial charge in [0.05, 0.1) is 28.3 Å². The molecule has 2 bridgehead atoms. The van der Waals surface area contributed by atoms with E-state index in [4.69, 9.17) is 19.0 Å². The molecule has 0 amide bonds. The summed E-state index contributed by atoms with van der Waals surface area (Å²) < 4.78 is 48.6. The van der Waals surface area contributed by atoms with Gasteiger partial charge in [-0.3, -0.25) is 0 Å². The van der Waals surface area contributed by atoms with Gasteiger partial charge in [-0.25, -0.2) is 14.6 Å². The zero-order valence-electron chi connectivity index (χ0n) is 21.2. The van der Waals surface area contributed by atoms with Gasteiger partial charge in [0.25, 0.3) is 0 Å². The Balaban J connectivity index is 1.44. The van der Waals surface area contributed by atoms with Crippen molar-refractivity contribution in [2.75, 3.05) is 0 Å². The number of ether oxygens (including phenoxy) is 1. The summed E-state index contributed by atoms with van der Waals surface area (Å²) in [5, 5.41) is 4.68. The molecule has 190 valence electrons. The van der Waals surface area contributed by atoms with E-state index in [2.05, 4.69) is 14.6 Å². The summed E-state index contributed by atoms with van der Waals surface area (Å²) in [4.78, 5) is 9.63. The maximum absolute atomic E-state index is 13.5. The van der Waals surface area contributed by atoms with Crippen molar-refractivity contribution < 1.29 is 22.8 Å². The van der Waals surface area contributed by atoms with Gasteiger partial charge in [-0.2, -0.15) is 13.9 Å². The molecular formula is C26H26BF2N5O3. The molecule has 37 heavy (non-hydrogen) atoms. The zero-order valence-corrected chi connectivity index (χ0v) is 21.2. The molecule has 1 fully saturated rings. The summed E-state index contributed by atoms with van der Waals surface area (Å²) in [6.07, 6.45) is 0.603. The molecule has 5 heterocycles. The van der Waals surface area contributed by atoms with Crippen molar-refractivity contribution in [2.24, 2.45) is 0 Å². The van der Waals surface area contributed by atoms with E-state index in [-0.39, 0.29) is 17.8 Å². The van der Waals surface area contributed by atoms with Gasteiger partial charge in [0.2, 0.25) is 0 Å². The number of benzene rings is 2. The normalized spacial score (nSPS) is 22.8. The van der Waals surface area contributed by atoms with Crippen molar-refractivity contribution >= 4 is 23.6 Å². The average molecular weight is 505 g/mol. The van der Waals surface area contributed by atoms with Crippen molar-refractivity contribution in [3.05, 3.63) is 53.6 Å². The van der Waals surface area contributed by atoms with Crippen LogP contribution in [0.15, 0.2) is 36.4 Å². The third kappa shape index (κ3) is 3.16. The van der Waals surface area contributed by atoms with Crippen LogP contribution in [-0.2, 0) is 9.31 Å². The molecule has 0 spiro atoms. The van der Waals surface area contributed by atoms with E-state index < -0.39 is 24.9 Å². The Kier molecular flexibility index (Phi) is 4.56. The molecule has 11 heteroatoms. The number of nitrogens with zero attached hydrogens (tertiary/aromatic N) is 5. The molecule has 3 aliphatic heterocycles. The van der Waals surface area contributed by atoms with Crippen LogP contribution in [0.25, 0.3) is 22.4 Å². The van der Waals surface area contributed by atoms with Crippen LogP contribution in [0.3, 0.4) is 0 Å². The zero-order chi connectivity index (χ0) is 25.9. The summed E-state index contributed by atoms with van der Waals surface area (Å²) in [7, 11) is -0.529. The van der Waals surface area contributed by atoms with Crippen molar-refractivity contribution in [3.63, 3.8) is 0 Å². The largest absolute Gasteiger partial charge is 0.494 e. The van der Waals surface area contributed by atoms with Crippen LogP contribution in [-0.4, -0.2) is 49.2 Å². The summed E-state index contributed by atoms with van der Waals surface area (Å²) in [6.45, 7) is 6.97. The summed E-state index contributed by atoms with van der Waals surface area (Å²) in [6, 6.07) is 10.7. The molecule has 0 N–H and O–H groups in total. The number of rotatable bonds is 3. The molecule has 3 aliphatic rings. The van der Waals surface area contributed by atoms with Gasteiger partial charge in [0, 0.05) is 17.5 Å². The first-order chi connectivity index (χ1) is 17.5. The number of hydrogen-bond donors (Lipinski definition) is 0. The van der Waals surface area contributed by atoms with E-state index in [1.165, 1.54) is 0 Å². The van der Waals surface area contributed by atoms with Crippen LogP contribution in [0.1, 0.15) is 63.4 Å². The molecule has 0 saturated carbocycles. The standard InChI is InChI=1S/C26H26BF2N5O3/c1-13-30-22-15-7-6-8-20(35-24(28)29)21(15)18-12-19(34(22)32-13)23-31-16-10-9-14(11-17(16)33(18)23)27-36-25(2,3)26(4,5)37-27/h6-11,18-19,24H,12H2,1-5H3/t18-,19-/m0/s1. The van der Waals surface area contributed by atoms with E-state index in [1.54, 1.807) is 12.1 Å². The Labute approximate surface area is 212 Å². The number of fused-ring (bicyclic) bond motifs is 6. The third-order valence-electron chi connectivity index (χ3n) is 8.21. The summed E-state index contributed by atoms with van der Waals surface area (Å²) in [5.74, 6) is 2.20. The van der Waals surface area contributed by atoms with Crippen LogP contribution in [0.4, 0.5) is 8.78 Å². The van der Waals surface area contributed by atoms with Gasteiger partial charge < -0.3 is 18.6 Å². The Hall–Kier alpha value is -3.31. The van der Waals surface area contributed by atoms with Crippen molar-refractivity contribution in [1.29, 1.82) is 0 Å². The van der Waals surface area contributed by atoms with Gasteiger partial charge in [0.1, 0.15) is 23.4 Å². The minimum absolute atomic E-state index is 0.141. The molecule has 7 rings (SSSR count). The predicted molar refractivity (Wildman–Crippen MR) is 133 cm³/mol. The molecule has 2 aromatic carbocycles. The van der Waals surface area contributed by atoms with Crippen LogP contribution in [0.2, 0.25) is 0 Å². The first kappa shape index (κ1) is 22.9. The lowest BCUT2D eigenvalue weighted by Crippen LogP contribution is -2.41. The van der Waals surface area contributed by atoms with Crippen LogP contribution in [0, 0.1) is 6.92 Å². The molecule has 1 saturated heterocycles. The van der Waals surface area contributed by atoms with E-state index in [9.17, 15) is 8.78 Å². The minimum atomic E-state index is -2.94. The molecule has 0 unspecified atom stereocenters. The van der Waals surface area contributed by atoms with Gasteiger partial charge in [-0.1, -0.05) is 18.2 Å². The highest BCUT2D eigenvalue weighted by atomic mass is 19.3. The third-order valence-corrected chi connectivity index (χ3v) is 8.21. The molecule has 0 aliphatic carbocycles. The summed E-state index contributed by atoms with van der Waals surface area (Å²) >= 11 is 0. The van der Waals surface area contributed by atoms with Gasteiger partial charge in [-0.15, -0.1) is 0 Å². The number of aryl methyl sites for hydroxylation is 1. The Bertz CT molecular complexity index is 1560. The highest BCUT2D eigenvalue weighted by Gasteiger charge is 2.52. The molecule has 0 radical (unpaired) electrons. The fraction of sp³-hybridized carbons (Fsp3) is 0.423. The highest BCUT2D eigenvalue weighted by Crippen LogP contribution is 2.51. The Morgan fingerprint density at radius 3 is 2.54 bits per heavy atom. The highest BCUT2D eigenvalue weighted by molar-refractivity contribution is 6.62. The van der Waals surface area contributed by atoms with Crippen LogP contribution < -0.4 is 10.2 Å². The predicted octanol–water partition coefficient (Wildman–Crippen LogP) is 4.40. The number of aromatic nitrogens is 5. The molecule has 2 aromatic heterocycles. The summed E-state index contributed by atoms with van der Waals surface area (Å²) in [5.41, 5.74) is 3.03. The number of halogens is 2. The first-order valence-corrected chi connectivity index (χ1v) is 12.4. The lowest BCUT2D eigenvalue weighted by atomic mass is 9.79. The molecule has 2 atom stereocenters. The smallest absolute Gasteiger partial charge is 0.434 e. The van der Waals surface area contributed by atoms with Crippen molar-refractivity contribution in [3.8, 4) is 17.1 Å². The molecular weight excluding hydrogens is 479 g/mol. The lowest BCUT2D eigenvalue weighted by molar-refractivity contribution is -0.0506. The number of alkyl halides is 2. The van der Waals surface area contributed by atoms with Crippen molar-refractivity contribution in [1.82, 2.24) is 24.3 Å². The number of hydrogen-bond acceptors (Lipinski definition) is 6. The maximum atomic E-state index is 13.5. The Morgan fingerprint density at radius 2 is 1.81 bits per heavy atom. The second-order valence-electron chi connectivity index (χ2n) is 11.0. The quantitative estimate of drug-likeness (QED) is 0.385. The maximum Gasteiger partial charge on any atom is 0.494 e. The van der Waals surface area contributed by atoms with Crippen LogP contribution >= 0.6 is 0 Å². The van der Waals surface area contributed by atoms with Crippen molar-refractivity contribution in [2.45, 2.75) is 70.9 Å². The van der Waals surface area contributed by atoms with E-state index >= 15 is 0 Å². The van der Waals surface area contributed by atoms with E-state index in [1.807, 2.05) is 63.6 Å². The van der Waals surface area contributed by atoms with Crippen LogP contribution in [0.5, 0.6) is 5.75 Å². The second kappa shape index (κ2) is 7.38. The monoisotopic (exact) mass is 505 g/mol. The van der Waals surface area contributed by atoms with Gasteiger partial charge >= 0.3 is 13.7 Å². The van der Waals surface area contributed by atoms with Gasteiger partial charge in [-0.05, 0) is 58.3 Å². The fourth-order valence-corrected chi connectivity index (χ4v) is 5.81. The number of imidazole rings is 1. The van der Waals surface area contributed by atoms with E-state index in [0.29, 0.717) is 23.6 Å². The first-order valence-electron chi connectivity index (χ1n) is 12.4. The molecule has 8 nitrogen and oxygen atoms in total. The fourth-order valence-electron chi connectivity index (χ4n) is 5.81. The average Bonchev–Trinajstić information content (AvgIpc) is 3.51. The molecule has 4 aromatic rings. The van der Waals surface area contributed by atoms with E-state index in [0.717, 1.165) is 27.9 Å². The minimum Gasteiger partial charge on any atom is -0.434 e.